The van der Waals surface area contributed by atoms with Crippen LogP contribution in [0.15, 0.2) is 12.4 Å². The SMILES string of the molecule is CSCCCn1cc[nH]c1=S. The van der Waals surface area contributed by atoms with E-state index >= 15 is 0 Å². The lowest BCUT2D eigenvalue weighted by atomic mass is 10.5. The van der Waals surface area contributed by atoms with Crippen molar-refractivity contribution < 1.29 is 0 Å². The van der Waals surface area contributed by atoms with Crippen LogP contribution in [0.4, 0.5) is 0 Å². The van der Waals surface area contributed by atoms with Gasteiger partial charge in [-0.2, -0.15) is 11.8 Å². The molecule has 0 radical (unpaired) electrons. The lowest BCUT2D eigenvalue weighted by Crippen LogP contribution is -1.96. The van der Waals surface area contributed by atoms with Crippen LogP contribution in [-0.2, 0) is 6.54 Å². The Morgan fingerprint density at radius 1 is 1.73 bits per heavy atom. The van der Waals surface area contributed by atoms with Crippen molar-refractivity contribution in [3.05, 3.63) is 17.2 Å². The van der Waals surface area contributed by atoms with Crippen LogP contribution in [0.5, 0.6) is 0 Å². The minimum absolute atomic E-state index is 0.825. The maximum Gasteiger partial charge on any atom is 0.177 e. The molecule has 62 valence electrons. The van der Waals surface area contributed by atoms with Crippen molar-refractivity contribution >= 4 is 24.0 Å². The fraction of sp³-hybridized carbons (Fsp3) is 0.571. The molecule has 0 aliphatic rings. The fourth-order valence-corrected chi connectivity index (χ4v) is 1.54. The molecule has 0 spiro atoms. The van der Waals surface area contributed by atoms with E-state index in [0.717, 1.165) is 11.3 Å². The van der Waals surface area contributed by atoms with Crippen LogP contribution in [-0.4, -0.2) is 21.6 Å². The summed E-state index contributed by atoms with van der Waals surface area (Å²) in [6.45, 7) is 1.03. The topological polar surface area (TPSA) is 20.7 Å². The van der Waals surface area contributed by atoms with Crippen molar-refractivity contribution in [1.29, 1.82) is 0 Å². The number of aromatic nitrogens is 2. The Balaban J connectivity index is 2.39. The third kappa shape index (κ3) is 2.71. The number of thioether (sulfide) groups is 1. The smallest absolute Gasteiger partial charge is 0.177 e. The highest BCUT2D eigenvalue weighted by Crippen LogP contribution is 1.99. The second-order valence-corrected chi connectivity index (χ2v) is 3.68. The van der Waals surface area contributed by atoms with E-state index < -0.39 is 0 Å². The Bertz CT molecular complexity index is 251. The maximum absolute atomic E-state index is 5.04. The van der Waals surface area contributed by atoms with Crippen LogP contribution in [0.3, 0.4) is 0 Å². The van der Waals surface area contributed by atoms with E-state index in [4.69, 9.17) is 12.2 Å². The molecule has 0 aliphatic carbocycles. The van der Waals surface area contributed by atoms with Crippen molar-refractivity contribution in [1.82, 2.24) is 9.55 Å². The third-order valence-electron chi connectivity index (χ3n) is 1.47. The normalized spacial score (nSPS) is 10.3. The summed E-state index contributed by atoms with van der Waals surface area (Å²) in [5.41, 5.74) is 0. The van der Waals surface area contributed by atoms with Crippen molar-refractivity contribution in [2.75, 3.05) is 12.0 Å². The maximum atomic E-state index is 5.04. The molecule has 0 bridgehead atoms. The number of nitrogens with zero attached hydrogens (tertiary/aromatic N) is 1. The van der Waals surface area contributed by atoms with Gasteiger partial charge in [-0.1, -0.05) is 0 Å². The lowest BCUT2D eigenvalue weighted by Gasteiger charge is -1.99. The lowest BCUT2D eigenvalue weighted by molar-refractivity contribution is 0.675. The van der Waals surface area contributed by atoms with Crippen LogP contribution in [0.1, 0.15) is 6.42 Å². The molecule has 0 saturated carbocycles. The number of aryl methyl sites for hydroxylation is 1. The highest BCUT2D eigenvalue weighted by Gasteiger charge is 1.90. The summed E-state index contributed by atoms with van der Waals surface area (Å²) < 4.78 is 2.89. The molecule has 0 amide bonds. The molecule has 0 unspecified atom stereocenters. The van der Waals surface area contributed by atoms with Crippen molar-refractivity contribution in [3.8, 4) is 0 Å². The number of aromatic amines is 1. The molecule has 0 fully saturated rings. The second-order valence-electron chi connectivity index (χ2n) is 2.30. The predicted octanol–water partition coefficient (Wildman–Crippen LogP) is 2.30. The van der Waals surface area contributed by atoms with Gasteiger partial charge in [0.15, 0.2) is 4.77 Å². The van der Waals surface area contributed by atoms with Gasteiger partial charge in [-0.15, -0.1) is 0 Å². The number of hydrogen-bond donors (Lipinski definition) is 1. The zero-order valence-electron chi connectivity index (χ0n) is 6.54. The second kappa shape index (κ2) is 4.62. The largest absolute Gasteiger partial charge is 0.337 e. The van der Waals surface area contributed by atoms with E-state index in [1.165, 1.54) is 12.2 Å². The van der Waals surface area contributed by atoms with Gasteiger partial charge in [0, 0.05) is 18.9 Å². The van der Waals surface area contributed by atoms with Crippen LogP contribution >= 0.6 is 24.0 Å². The van der Waals surface area contributed by atoms with Gasteiger partial charge in [-0.3, -0.25) is 0 Å². The summed E-state index contributed by atoms with van der Waals surface area (Å²) in [6, 6.07) is 0. The van der Waals surface area contributed by atoms with Gasteiger partial charge in [0.2, 0.25) is 0 Å². The number of hydrogen-bond acceptors (Lipinski definition) is 2. The first-order chi connectivity index (χ1) is 5.34. The van der Waals surface area contributed by atoms with E-state index in [2.05, 4.69) is 15.8 Å². The Hall–Kier alpha value is -0.220. The molecule has 0 aromatic carbocycles. The summed E-state index contributed by atoms with van der Waals surface area (Å²) in [4.78, 5) is 2.97. The standard InChI is InChI=1S/C7H12N2S2/c1-11-6-2-4-9-5-3-8-7(9)10/h3,5H,2,4,6H2,1H3,(H,8,10). The summed E-state index contributed by atoms with van der Waals surface area (Å²) in [7, 11) is 0. The van der Waals surface area contributed by atoms with Gasteiger partial charge >= 0.3 is 0 Å². The summed E-state index contributed by atoms with van der Waals surface area (Å²) in [5, 5.41) is 0. The van der Waals surface area contributed by atoms with Crippen molar-refractivity contribution in [2.45, 2.75) is 13.0 Å². The average molecular weight is 188 g/mol. The molecule has 0 aliphatic heterocycles. The Labute approximate surface area is 76.0 Å². The van der Waals surface area contributed by atoms with Crippen molar-refractivity contribution in [3.63, 3.8) is 0 Å². The highest BCUT2D eigenvalue weighted by molar-refractivity contribution is 7.98. The zero-order valence-corrected chi connectivity index (χ0v) is 8.17. The molecule has 0 saturated heterocycles. The first kappa shape index (κ1) is 8.87. The number of H-pyrrole nitrogens is 1. The van der Waals surface area contributed by atoms with Gasteiger partial charge in [-0.05, 0) is 30.6 Å². The summed E-state index contributed by atoms with van der Waals surface area (Å²) >= 11 is 6.91. The van der Waals surface area contributed by atoms with Gasteiger partial charge in [0.05, 0.1) is 0 Å². The highest BCUT2D eigenvalue weighted by atomic mass is 32.2. The summed E-state index contributed by atoms with van der Waals surface area (Å²) in [5.74, 6) is 1.20. The Morgan fingerprint density at radius 3 is 3.09 bits per heavy atom. The number of imidazole rings is 1. The zero-order chi connectivity index (χ0) is 8.10. The first-order valence-electron chi connectivity index (χ1n) is 3.57. The fourth-order valence-electron chi connectivity index (χ4n) is 0.904. The Kier molecular flexibility index (Phi) is 3.72. The van der Waals surface area contributed by atoms with Gasteiger partial charge in [0.1, 0.15) is 0 Å². The number of rotatable bonds is 4. The molecule has 1 N–H and O–H groups in total. The molecule has 1 heterocycles. The van der Waals surface area contributed by atoms with E-state index in [9.17, 15) is 0 Å². The molecule has 11 heavy (non-hydrogen) atoms. The van der Waals surface area contributed by atoms with E-state index in [1.807, 2.05) is 24.2 Å². The van der Waals surface area contributed by atoms with Crippen LogP contribution < -0.4 is 0 Å². The van der Waals surface area contributed by atoms with Gasteiger partial charge < -0.3 is 9.55 Å². The minimum Gasteiger partial charge on any atom is -0.337 e. The molecule has 2 nitrogen and oxygen atoms in total. The van der Waals surface area contributed by atoms with E-state index in [-0.39, 0.29) is 0 Å². The molecule has 1 aromatic rings. The first-order valence-corrected chi connectivity index (χ1v) is 5.37. The average Bonchev–Trinajstić information content (AvgIpc) is 2.37. The van der Waals surface area contributed by atoms with E-state index in [0.29, 0.717) is 0 Å². The minimum atomic E-state index is 0.825. The predicted molar refractivity (Wildman–Crippen MR) is 52.6 cm³/mol. The third-order valence-corrected chi connectivity index (χ3v) is 2.52. The molecule has 4 heteroatoms. The van der Waals surface area contributed by atoms with E-state index in [1.54, 1.807) is 0 Å². The summed E-state index contributed by atoms with van der Waals surface area (Å²) in [6.07, 6.45) is 7.17. The number of nitrogens with one attached hydrogen (secondary N) is 1. The quantitative estimate of drug-likeness (QED) is 0.578. The van der Waals surface area contributed by atoms with Gasteiger partial charge in [-0.25, -0.2) is 0 Å². The molecule has 0 atom stereocenters. The molecular weight excluding hydrogens is 176 g/mol. The molecule has 1 rings (SSSR count). The van der Waals surface area contributed by atoms with Crippen LogP contribution in [0.2, 0.25) is 0 Å². The van der Waals surface area contributed by atoms with Crippen LogP contribution in [0.25, 0.3) is 0 Å². The van der Waals surface area contributed by atoms with Crippen molar-refractivity contribution in [2.24, 2.45) is 0 Å². The van der Waals surface area contributed by atoms with Gasteiger partial charge in [0.25, 0.3) is 0 Å². The van der Waals surface area contributed by atoms with Crippen LogP contribution in [0, 0.1) is 4.77 Å². The molecular formula is C7H12N2S2. The molecule has 1 aromatic heterocycles. The monoisotopic (exact) mass is 188 g/mol. The Morgan fingerprint density at radius 2 is 2.55 bits per heavy atom.